The van der Waals surface area contributed by atoms with E-state index in [0.717, 1.165) is 25.1 Å². The first-order valence-corrected chi connectivity index (χ1v) is 5.84. The number of nitrogens with one attached hydrogen (secondary N) is 1. The number of phenols is 1. The lowest BCUT2D eigenvalue weighted by Crippen LogP contribution is -2.34. The lowest BCUT2D eigenvalue weighted by molar-refractivity contribution is 0.0934. The summed E-state index contributed by atoms with van der Waals surface area (Å²) < 4.78 is 12.8. The summed E-state index contributed by atoms with van der Waals surface area (Å²) in [7, 11) is 3.92. The Labute approximate surface area is 106 Å². The number of benzene rings is 1. The van der Waals surface area contributed by atoms with Gasteiger partial charge in [0.05, 0.1) is 5.56 Å². The van der Waals surface area contributed by atoms with Crippen molar-refractivity contribution < 1.29 is 14.3 Å². The topological polar surface area (TPSA) is 52.6 Å². The van der Waals surface area contributed by atoms with Crippen LogP contribution in [0.25, 0.3) is 0 Å². The summed E-state index contributed by atoms with van der Waals surface area (Å²) >= 11 is 0. The third-order valence-corrected chi connectivity index (χ3v) is 2.59. The molecule has 18 heavy (non-hydrogen) atoms. The smallest absolute Gasteiger partial charge is 0.255 e. The summed E-state index contributed by atoms with van der Waals surface area (Å²) in [5.41, 5.74) is 0.0908. The fraction of sp³-hybridized carbons (Fsp3) is 0.462. The molecule has 100 valence electrons. The Morgan fingerprint density at radius 2 is 2.17 bits per heavy atom. The highest BCUT2D eigenvalue weighted by Crippen LogP contribution is 2.17. The van der Waals surface area contributed by atoms with E-state index < -0.39 is 11.7 Å². The van der Waals surface area contributed by atoms with Crippen molar-refractivity contribution in [3.63, 3.8) is 0 Å². The van der Waals surface area contributed by atoms with Crippen LogP contribution in [-0.4, -0.2) is 42.6 Å². The Hall–Kier alpha value is -1.62. The Morgan fingerprint density at radius 1 is 1.50 bits per heavy atom. The number of nitrogens with zero attached hydrogens (tertiary/aromatic N) is 1. The summed E-state index contributed by atoms with van der Waals surface area (Å²) in [6.07, 6.45) is 0.806. The second-order valence-corrected chi connectivity index (χ2v) is 4.63. The molecule has 1 amide bonds. The highest BCUT2D eigenvalue weighted by atomic mass is 19.1. The average Bonchev–Trinajstić information content (AvgIpc) is 2.26. The molecular weight excluding hydrogens is 235 g/mol. The van der Waals surface area contributed by atoms with Crippen LogP contribution >= 0.6 is 0 Å². The molecule has 5 heteroatoms. The number of aromatic hydroxyl groups is 1. The second kappa shape index (κ2) is 6.35. The zero-order valence-corrected chi connectivity index (χ0v) is 10.9. The van der Waals surface area contributed by atoms with E-state index in [1.54, 1.807) is 0 Å². The molecule has 0 aromatic heterocycles. The molecule has 1 rings (SSSR count). The van der Waals surface area contributed by atoms with E-state index in [2.05, 4.69) is 5.32 Å². The van der Waals surface area contributed by atoms with Crippen molar-refractivity contribution in [1.82, 2.24) is 10.2 Å². The summed E-state index contributed by atoms with van der Waals surface area (Å²) in [5, 5.41) is 12.2. The molecule has 0 bridgehead atoms. The molecule has 0 saturated heterocycles. The Balaban J connectivity index is 2.59. The lowest BCUT2D eigenvalue weighted by Gasteiger charge is -2.17. The third-order valence-electron chi connectivity index (χ3n) is 2.59. The van der Waals surface area contributed by atoms with Gasteiger partial charge in [0.15, 0.2) is 0 Å². The van der Waals surface area contributed by atoms with Gasteiger partial charge in [-0.2, -0.15) is 0 Å². The van der Waals surface area contributed by atoms with Crippen molar-refractivity contribution in [1.29, 1.82) is 0 Å². The van der Waals surface area contributed by atoms with E-state index in [1.807, 2.05) is 25.9 Å². The highest BCUT2D eigenvalue weighted by Gasteiger charge is 2.14. The first-order valence-electron chi connectivity index (χ1n) is 5.84. The minimum absolute atomic E-state index is 0.00986. The number of carbonyl (C=O) groups excluding carboxylic acids is 1. The van der Waals surface area contributed by atoms with E-state index in [4.69, 9.17) is 0 Å². The molecule has 0 saturated carbocycles. The monoisotopic (exact) mass is 254 g/mol. The van der Waals surface area contributed by atoms with Gasteiger partial charge in [0.25, 0.3) is 5.91 Å². The van der Waals surface area contributed by atoms with Crippen molar-refractivity contribution in [2.75, 3.05) is 20.6 Å². The van der Waals surface area contributed by atoms with E-state index >= 15 is 0 Å². The fourth-order valence-electron chi connectivity index (χ4n) is 1.52. The lowest BCUT2D eigenvalue weighted by atomic mass is 10.1. The molecule has 0 spiro atoms. The third kappa shape index (κ3) is 4.33. The standard InChI is InChI=1S/C13H19FN2O2/c1-9(6-7-16(2)3)15-13(18)11-5-4-10(14)8-12(11)17/h4-5,8-9,17H,6-7H2,1-3H3,(H,15,18). The molecule has 0 fully saturated rings. The average molecular weight is 254 g/mol. The van der Waals surface area contributed by atoms with Crippen LogP contribution in [0.2, 0.25) is 0 Å². The molecule has 2 N–H and O–H groups in total. The van der Waals surface area contributed by atoms with Gasteiger partial charge in [0, 0.05) is 12.1 Å². The SMILES string of the molecule is CC(CCN(C)C)NC(=O)c1ccc(F)cc1O. The summed E-state index contributed by atoms with van der Waals surface area (Å²) in [5.74, 6) is -1.30. The predicted octanol–water partition coefficient (Wildman–Crippen LogP) is 1.60. The van der Waals surface area contributed by atoms with E-state index in [1.165, 1.54) is 6.07 Å². The summed E-state index contributed by atoms with van der Waals surface area (Å²) in [4.78, 5) is 13.9. The number of carbonyl (C=O) groups is 1. The molecule has 4 nitrogen and oxygen atoms in total. The van der Waals surface area contributed by atoms with Gasteiger partial charge >= 0.3 is 0 Å². The van der Waals surface area contributed by atoms with E-state index in [9.17, 15) is 14.3 Å². The van der Waals surface area contributed by atoms with Gasteiger partial charge in [-0.15, -0.1) is 0 Å². The Bertz CT molecular complexity index is 421. The predicted molar refractivity (Wildman–Crippen MR) is 68.2 cm³/mol. The van der Waals surface area contributed by atoms with Crippen LogP contribution in [0.4, 0.5) is 4.39 Å². The summed E-state index contributed by atoms with van der Waals surface area (Å²) in [6, 6.07) is 3.35. The molecule has 0 radical (unpaired) electrons. The summed E-state index contributed by atoms with van der Waals surface area (Å²) in [6.45, 7) is 2.75. The van der Waals surface area contributed by atoms with Gasteiger partial charge in [-0.1, -0.05) is 0 Å². The molecule has 0 aliphatic heterocycles. The zero-order chi connectivity index (χ0) is 13.7. The van der Waals surface area contributed by atoms with Crippen molar-refractivity contribution in [2.45, 2.75) is 19.4 Å². The Morgan fingerprint density at radius 3 is 2.72 bits per heavy atom. The normalized spacial score (nSPS) is 12.5. The molecule has 0 heterocycles. The van der Waals surface area contributed by atoms with Crippen LogP contribution in [-0.2, 0) is 0 Å². The number of rotatable bonds is 5. The van der Waals surface area contributed by atoms with Gasteiger partial charge in [-0.05, 0) is 46.1 Å². The van der Waals surface area contributed by atoms with Gasteiger partial charge in [-0.3, -0.25) is 4.79 Å². The number of amides is 1. The number of halogens is 1. The quantitative estimate of drug-likeness (QED) is 0.839. The largest absolute Gasteiger partial charge is 0.507 e. The van der Waals surface area contributed by atoms with Crippen LogP contribution < -0.4 is 5.32 Å². The zero-order valence-electron chi connectivity index (χ0n) is 10.9. The maximum Gasteiger partial charge on any atom is 0.255 e. The molecular formula is C13H19FN2O2. The molecule has 1 aromatic carbocycles. The van der Waals surface area contributed by atoms with Crippen LogP contribution in [0.3, 0.4) is 0 Å². The van der Waals surface area contributed by atoms with Crippen LogP contribution in [0.15, 0.2) is 18.2 Å². The van der Waals surface area contributed by atoms with Crippen LogP contribution in [0.5, 0.6) is 5.75 Å². The van der Waals surface area contributed by atoms with E-state index in [-0.39, 0.29) is 17.4 Å². The number of hydrogen-bond donors (Lipinski definition) is 2. The van der Waals surface area contributed by atoms with Crippen LogP contribution in [0, 0.1) is 5.82 Å². The number of hydrogen-bond acceptors (Lipinski definition) is 3. The van der Waals surface area contributed by atoms with Crippen molar-refractivity contribution in [2.24, 2.45) is 0 Å². The first-order chi connectivity index (χ1) is 8.40. The van der Waals surface area contributed by atoms with Crippen molar-refractivity contribution in [3.05, 3.63) is 29.6 Å². The minimum atomic E-state index is -0.565. The molecule has 1 aromatic rings. The van der Waals surface area contributed by atoms with Gasteiger partial charge in [0.1, 0.15) is 11.6 Å². The molecule has 0 aliphatic carbocycles. The first kappa shape index (κ1) is 14.4. The number of phenolic OH excluding ortho intramolecular Hbond substituents is 1. The molecule has 0 aliphatic rings. The van der Waals surface area contributed by atoms with Gasteiger partial charge in [0.2, 0.25) is 0 Å². The minimum Gasteiger partial charge on any atom is -0.507 e. The molecule has 1 unspecified atom stereocenters. The maximum absolute atomic E-state index is 12.8. The fourth-order valence-corrected chi connectivity index (χ4v) is 1.52. The van der Waals surface area contributed by atoms with Gasteiger partial charge < -0.3 is 15.3 Å². The van der Waals surface area contributed by atoms with Crippen molar-refractivity contribution >= 4 is 5.91 Å². The Kier molecular flexibility index (Phi) is 5.09. The van der Waals surface area contributed by atoms with Gasteiger partial charge in [-0.25, -0.2) is 4.39 Å². The highest BCUT2D eigenvalue weighted by molar-refractivity contribution is 5.96. The maximum atomic E-state index is 12.8. The van der Waals surface area contributed by atoms with Crippen molar-refractivity contribution in [3.8, 4) is 5.75 Å². The van der Waals surface area contributed by atoms with E-state index in [0.29, 0.717) is 0 Å². The second-order valence-electron chi connectivity index (χ2n) is 4.63. The van der Waals surface area contributed by atoms with Crippen LogP contribution in [0.1, 0.15) is 23.7 Å². The molecule has 1 atom stereocenters.